The molecule has 3 radical (unpaired) electrons. The van der Waals surface area contributed by atoms with Crippen molar-refractivity contribution < 1.29 is 76.9 Å². The highest BCUT2D eigenvalue weighted by Crippen LogP contribution is 2.44. The van der Waals surface area contributed by atoms with E-state index in [4.69, 9.17) is 82.9 Å². The van der Waals surface area contributed by atoms with Gasteiger partial charge in [0.1, 0.15) is 79.3 Å². The minimum Gasteiger partial charge on any atom is -0.478 e. The Kier molecular flexibility index (Phi) is 37.4. The Bertz CT molecular complexity index is 7410. The number of anilines is 3. The number of fused-ring (bicyclic) bond motifs is 7. The molecule has 37 nitrogen and oxygen atoms in total. The summed E-state index contributed by atoms with van der Waals surface area (Å²) in [6.45, 7) is 36.7. The van der Waals surface area contributed by atoms with Crippen LogP contribution in [0.15, 0.2) is 203 Å². The second-order valence-electron chi connectivity index (χ2n) is 36.6. The number of ketones is 1. The highest BCUT2D eigenvalue weighted by atomic mass is 79.9. The quantitative estimate of drug-likeness (QED) is 0.0312. The highest BCUT2D eigenvalue weighted by molar-refractivity contribution is 9.10. The molecule has 4 saturated heterocycles. The first-order valence-corrected chi connectivity index (χ1v) is 46.6. The number of aromatic nitrogens is 16. The summed E-state index contributed by atoms with van der Waals surface area (Å²) >= 11 is 13.9. The summed E-state index contributed by atoms with van der Waals surface area (Å²) in [5, 5.41) is 58.5. The van der Waals surface area contributed by atoms with E-state index in [9.17, 15) is 48.1 Å². The Hall–Kier alpha value is -12.6. The number of halogens is 5. The first-order chi connectivity index (χ1) is 67.0. The second kappa shape index (κ2) is 47.5. The van der Waals surface area contributed by atoms with Gasteiger partial charge in [-0.3, -0.25) is 32.4 Å². The fraction of sp³-hybridized carbons (Fsp3) is 0.347. The predicted molar refractivity (Wildman–Crippen MR) is 555 cm³/mol. The standard InChI is InChI=1S/C21H22N6O2.C17H13FN4O2.C15H21BN2O3.C12H24B2O4.C9H9BrN2O.C8H4ClFN2O.C6H6N2O2.C6H8N2O.C3H5ClO.CH4.B/c1-14-10-26-11-15(8-16(13-28)21(26)23-14)18-9-20(29)27-12-17(2-3-19(27)24-18)25-6-4-22-5-7-25;1-10-6-21-7-11(4-12(9-23)17(21)19-10)14-5-16(24)22-8-13(18)2-3-15(22)20-14;1-10-7-18-8-12(6-11(9-19)13(18)17-10)16-20-14(2,3)15(4,5)21-16;1-9(2)10(3,4)16-13(15-9)14-17-11(5,6)12(7,8)18-14;1-6-3-12-4-8(10)2-7(5-13)9(12)11-6;9-6-3-8(13)12-4-5(10)1-2-7(12)11-6;7-5-4(6(9)10)2-1-3-8-5;7-6-5(4-9)2-1-3-8-6;1-3(5)2-4;;/h2-3,8-12,22,28H,4-7,13H2,1H3;2-8,23H,9H2,1H3;6-8,19H,9H2,1-5H3;1-8H3;2-4,13H,5H2,1H3;1-4H;1-3H,(H2,7,8)(H,9,10);1-3,9H,4H2,(H2,7,8);2H2,1H3;1H4;. The lowest BCUT2D eigenvalue weighted by Crippen LogP contribution is -2.43. The van der Waals surface area contributed by atoms with Crippen molar-refractivity contribution in [3.05, 3.63) is 292 Å². The summed E-state index contributed by atoms with van der Waals surface area (Å²) in [6.07, 6.45) is 22.2. The van der Waals surface area contributed by atoms with Crippen molar-refractivity contribution in [1.82, 2.24) is 81.0 Å². The number of nitrogens with one attached hydrogen (secondary N) is 1. The van der Waals surface area contributed by atoms with Crippen LogP contribution in [0.25, 0.3) is 62.0 Å². The van der Waals surface area contributed by atoms with E-state index in [0.29, 0.717) is 67.7 Å². The van der Waals surface area contributed by atoms with Crippen molar-refractivity contribution in [1.29, 1.82) is 0 Å². The van der Waals surface area contributed by atoms with Gasteiger partial charge in [-0.25, -0.2) is 58.4 Å². The zero-order chi connectivity index (χ0) is 104. The third-order valence-corrected chi connectivity index (χ3v) is 25.2. The molecule has 757 valence electrons. The predicted octanol–water partition coefficient (Wildman–Crippen LogP) is 11.8. The summed E-state index contributed by atoms with van der Waals surface area (Å²) in [7, 11) is -1.39. The molecule has 11 N–H and O–H groups in total. The molecule has 46 heteroatoms. The number of Topliss-reactive ketones (excluding diaryl/α,β-unsaturated/α-hetero) is 1. The van der Waals surface area contributed by atoms with Gasteiger partial charge < -0.3 is 97.9 Å². The normalized spacial score (nSPS) is 15.3. The Morgan fingerprint density at radius 2 is 0.826 bits per heavy atom. The van der Waals surface area contributed by atoms with Crippen LogP contribution in [0, 0.1) is 39.3 Å². The van der Waals surface area contributed by atoms with Crippen LogP contribution in [-0.4, -0.2) is 213 Å². The molecular formula is C98H116B4BrCl2F2N20O17. The molecule has 4 aliphatic heterocycles. The fourth-order valence-electron chi connectivity index (χ4n) is 14.8. The summed E-state index contributed by atoms with van der Waals surface area (Å²) in [6, 6.07) is 27.0. The molecule has 0 atom stereocenters. The lowest BCUT2D eigenvalue weighted by atomic mass is 9.49. The molecule has 0 amide bonds. The third kappa shape index (κ3) is 26.9. The number of alkyl halides is 1. The molecule has 4 fully saturated rings. The molecule has 20 rings (SSSR count). The van der Waals surface area contributed by atoms with E-state index in [1.54, 1.807) is 45.5 Å². The number of aliphatic hydroxyl groups is 5. The van der Waals surface area contributed by atoms with Gasteiger partial charge in [-0.15, -0.1) is 11.6 Å². The number of rotatable bonds is 12. The van der Waals surface area contributed by atoms with Crippen molar-refractivity contribution >= 4 is 143 Å². The average Bonchev–Trinajstić information content (AvgIpc) is 1.60. The van der Waals surface area contributed by atoms with Gasteiger partial charge in [0.15, 0.2) is 0 Å². The molecule has 0 aliphatic carbocycles. The molecule has 20 heterocycles. The maximum absolute atomic E-state index is 13.3. The van der Waals surface area contributed by atoms with Gasteiger partial charge >= 0.3 is 27.1 Å². The van der Waals surface area contributed by atoms with Gasteiger partial charge in [0.25, 0.3) is 16.7 Å². The number of hydrogen-bond acceptors (Lipinski definition) is 29. The third-order valence-electron chi connectivity index (χ3n) is 24.2. The Morgan fingerprint density at radius 3 is 1.22 bits per heavy atom. The highest BCUT2D eigenvalue weighted by Gasteiger charge is 2.64. The maximum atomic E-state index is 13.3. The summed E-state index contributed by atoms with van der Waals surface area (Å²) < 4.78 is 74.3. The fourth-order valence-corrected chi connectivity index (χ4v) is 15.5. The average molecular weight is 2080 g/mol. The number of carbonyl (C=O) groups excluding carboxylic acids is 1. The van der Waals surface area contributed by atoms with Crippen LogP contribution in [0.5, 0.6) is 0 Å². The number of hydrogen-bond donors (Lipinski definition) is 9. The zero-order valence-corrected chi connectivity index (χ0v) is 85.1. The number of nitrogens with zero attached hydrogens (tertiary/aromatic N) is 17. The number of pyridine rings is 9. The number of aliphatic hydroxyl groups excluding tert-OH is 5. The summed E-state index contributed by atoms with van der Waals surface area (Å²) in [5.74, 6) is -1.43. The zero-order valence-electron chi connectivity index (χ0n) is 82.0. The Morgan fingerprint density at radius 1 is 0.465 bits per heavy atom. The SMILES string of the molecule is C.CC(=O)CCl.CC1(C)OB(B2OC(C)(C)C(C)(C)O2)OC1(C)C.Cc1cn2cc(-c3cc(=O)n4cc(F)ccc4n3)cc(CO)c2n1.Cc1cn2cc(-c3cc(=O)n4cc(N5CCNCC5)ccc4n3)cc(CO)c2n1.Cc1cn2cc(B3OC(C)(C)C(C)(C)O3)cc(CO)c2n1.Cc1cn2cc(Br)cc(CO)c2n1.Nc1ncccc1C(=O)O.Nc1ncccc1CO.O=c1cc(Cl)nc2ccc(F)cn12.[B]. The molecule has 4 aliphatic rings. The Labute approximate surface area is 850 Å². The van der Waals surface area contributed by atoms with Crippen molar-refractivity contribution in [2.24, 2.45) is 0 Å². The molecule has 0 saturated carbocycles. The summed E-state index contributed by atoms with van der Waals surface area (Å²) in [5.41, 5.74) is 23.4. The number of aromatic carboxylic acids is 1. The molecule has 16 aromatic heterocycles. The van der Waals surface area contributed by atoms with Gasteiger partial charge in [0.2, 0.25) is 0 Å². The number of nitrogens with two attached hydrogens (primary N) is 2. The first kappa shape index (κ1) is 113. The van der Waals surface area contributed by atoms with E-state index in [0.717, 1.165) is 120 Å². The number of aryl methyl sites for hydroxylation is 4. The number of carboxylic acids is 1. The number of carbonyl (C=O) groups is 2. The second-order valence-corrected chi connectivity index (χ2v) is 38.1. The number of imidazole rings is 4. The smallest absolute Gasteiger partial charge is 0.478 e. The van der Waals surface area contributed by atoms with Crippen molar-refractivity contribution in [3.63, 3.8) is 0 Å². The van der Waals surface area contributed by atoms with Crippen LogP contribution in [-0.2, 0) is 65.8 Å². The minimum atomic E-state index is -1.05. The van der Waals surface area contributed by atoms with Crippen molar-refractivity contribution in [2.45, 2.75) is 192 Å². The maximum Gasteiger partial charge on any atom is 0.496 e. The molecule has 144 heavy (non-hydrogen) atoms. The minimum absolute atomic E-state index is 0. The van der Waals surface area contributed by atoms with Crippen LogP contribution in [0.4, 0.5) is 26.1 Å². The number of nitrogen functional groups attached to an aromatic ring is 2. The lowest BCUT2D eigenvalue weighted by molar-refractivity contribution is -0.114. The van der Waals surface area contributed by atoms with Crippen LogP contribution in [0.2, 0.25) is 5.15 Å². The van der Waals surface area contributed by atoms with Gasteiger partial charge in [0.05, 0.1) is 112 Å². The summed E-state index contributed by atoms with van der Waals surface area (Å²) in [4.78, 5) is 96.4. The largest absolute Gasteiger partial charge is 0.496 e. The molecule has 0 unspecified atom stereocenters. The number of piperazine rings is 1. The van der Waals surface area contributed by atoms with Crippen molar-refractivity contribution in [2.75, 3.05) is 48.4 Å². The molecule has 0 aromatic carbocycles. The monoisotopic (exact) mass is 2080 g/mol. The van der Waals surface area contributed by atoms with Gasteiger partial charge in [-0.2, -0.15) is 0 Å². The van der Waals surface area contributed by atoms with E-state index >= 15 is 0 Å². The van der Waals surface area contributed by atoms with Crippen LogP contribution in [0.3, 0.4) is 0 Å². The lowest BCUT2D eigenvalue weighted by Gasteiger charge is -2.32. The van der Waals surface area contributed by atoms with Gasteiger partial charge in [-0.1, -0.05) is 31.2 Å². The molecular weight excluding hydrogens is 1960 g/mol. The number of carboxylic acid groups (broad SMARTS) is 1. The van der Waals surface area contributed by atoms with Crippen LogP contribution in [0.1, 0.15) is 158 Å². The van der Waals surface area contributed by atoms with E-state index in [-0.39, 0.29) is 122 Å². The van der Waals surface area contributed by atoms with Crippen LogP contribution >= 0.6 is 39.1 Å². The topological polar surface area (TPSA) is 476 Å². The Balaban J connectivity index is 0.000000172. The van der Waals surface area contributed by atoms with Gasteiger partial charge in [-0.05, 0) is 212 Å². The van der Waals surface area contributed by atoms with Crippen LogP contribution < -0.4 is 43.8 Å². The van der Waals surface area contributed by atoms with E-state index in [2.05, 4.69) is 66.0 Å². The molecule has 0 spiro atoms. The molecule has 0 bridgehead atoms. The molecule has 16 aromatic rings. The van der Waals surface area contributed by atoms with Gasteiger partial charge in [0, 0.05) is 177 Å². The van der Waals surface area contributed by atoms with E-state index < -0.39 is 44.3 Å². The van der Waals surface area contributed by atoms with E-state index in [1.807, 2.05) is 204 Å². The first-order valence-electron chi connectivity index (χ1n) is 44.9. The van der Waals surface area contributed by atoms with Crippen molar-refractivity contribution in [3.8, 4) is 22.5 Å². The van der Waals surface area contributed by atoms with E-state index in [1.165, 1.54) is 55.6 Å².